The molecule has 0 fully saturated rings. The van der Waals surface area contributed by atoms with E-state index in [1.54, 1.807) is 6.07 Å². The summed E-state index contributed by atoms with van der Waals surface area (Å²) in [6, 6.07) is 10.3. The third-order valence-electron chi connectivity index (χ3n) is 3.29. The van der Waals surface area contributed by atoms with Crippen LogP contribution in [-0.2, 0) is 0 Å². The van der Waals surface area contributed by atoms with Crippen molar-refractivity contribution < 1.29 is 4.39 Å². The van der Waals surface area contributed by atoms with Crippen LogP contribution in [0.4, 0.5) is 4.39 Å². The van der Waals surface area contributed by atoms with Gasteiger partial charge < -0.3 is 0 Å². The number of hydrogen-bond donors (Lipinski definition) is 0. The normalized spacial score (nSPS) is 11.1. The first-order valence-corrected chi connectivity index (χ1v) is 6.76. The van der Waals surface area contributed by atoms with Gasteiger partial charge in [-0.1, -0.05) is 31.5 Å². The molecule has 0 aliphatic carbocycles. The zero-order valence-corrected chi connectivity index (χ0v) is 12.4. The lowest BCUT2D eigenvalue weighted by atomic mass is 9.90. The summed E-state index contributed by atoms with van der Waals surface area (Å²) in [6.07, 6.45) is 0. The summed E-state index contributed by atoms with van der Waals surface area (Å²) in [6.45, 7) is 7.91. The number of benzene rings is 2. The summed E-state index contributed by atoms with van der Waals surface area (Å²) in [5, 5.41) is 0.770. The number of hydrogen-bond acceptors (Lipinski definition) is 0. The third kappa shape index (κ3) is 2.66. The smallest absolute Gasteiger partial charge is 0.127 e. The SMILES string of the molecule is Cc1cc(-c2[c]ccc(F)c2C(C)C)cc(C)c1Cl. The van der Waals surface area contributed by atoms with Crippen molar-refractivity contribution in [3.05, 3.63) is 57.9 Å². The molecule has 0 aliphatic heterocycles. The highest BCUT2D eigenvalue weighted by molar-refractivity contribution is 6.32. The van der Waals surface area contributed by atoms with Crippen LogP contribution in [0.5, 0.6) is 0 Å². The van der Waals surface area contributed by atoms with Crippen LogP contribution in [0.2, 0.25) is 5.02 Å². The van der Waals surface area contributed by atoms with Crippen molar-refractivity contribution in [3.63, 3.8) is 0 Å². The molecule has 0 N–H and O–H groups in total. The molecule has 19 heavy (non-hydrogen) atoms. The largest absolute Gasteiger partial charge is 0.207 e. The van der Waals surface area contributed by atoms with E-state index in [0.29, 0.717) is 5.56 Å². The van der Waals surface area contributed by atoms with Crippen LogP contribution in [0.3, 0.4) is 0 Å². The van der Waals surface area contributed by atoms with Crippen LogP contribution in [0.1, 0.15) is 36.5 Å². The number of aryl methyl sites for hydroxylation is 2. The topological polar surface area (TPSA) is 0 Å². The Kier molecular flexibility index (Phi) is 3.96. The quantitative estimate of drug-likeness (QED) is 0.661. The Balaban J connectivity index is 2.69. The van der Waals surface area contributed by atoms with E-state index in [2.05, 4.69) is 6.07 Å². The van der Waals surface area contributed by atoms with E-state index in [4.69, 9.17) is 11.6 Å². The average molecular weight is 276 g/mol. The van der Waals surface area contributed by atoms with Gasteiger partial charge in [0.15, 0.2) is 0 Å². The molecule has 0 saturated carbocycles. The lowest BCUT2D eigenvalue weighted by molar-refractivity contribution is 0.599. The maximum absolute atomic E-state index is 14.0. The van der Waals surface area contributed by atoms with Crippen molar-refractivity contribution in [3.8, 4) is 11.1 Å². The predicted octanol–water partition coefficient (Wildman–Crippen LogP) is 5.69. The van der Waals surface area contributed by atoms with E-state index in [1.807, 2.05) is 39.8 Å². The molecular weight excluding hydrogens is 259 g/mol. The zero-order chi connectivity index (χ0) is 14.2. The van der Waals surface area contributed by atoms with Gasteiger partial charge in [0, 0.05) is 5.02 Å². The molecular formula is C17H17ClF. The molecule has 0 nitrogen and oxygen atoms in total. The molecule has 2 heteroatoms. The second kappa shape index (κ2) is 5.34. The fraction of sp³-hybridized carbons (Fsp3) is 0.294. The van der Waals surface area contributed by atoms with E-state index in [1.165, 1.54) is 6.07 Å². The molecule has 2 rings (SSSR count). The molecule has 1 radical (unpaired) electrons. The summed E-state index contributed by atoms with van der Waals surface area (Å²) < 4.78 is 14.0. The van der Waals surface area contributed by atoms with Gasteiger partial charge in [0.1, 0.15) is 5.82 Å². The fourth-order valence-electron chi connectivity index (χ4n) is 2.38. The molecule has 0 aliphatic rings. The first kappa shape index (κ1) is 14.1. The Labute approximate surface area is 119 Å². The highest BCUT2D eigenvalue weighted by Crippen LogP contribution is 2.34. The highest BCUT2D eigenvalue weighted by Gasteiger charge is 2.15. The summed E-state index contributed by atoms with van der Waals surface area (Å²) in [7, 11) is 0. The van der Waals surface area contributed by atoms with E-state index >= 15 is 0 Å². The Morgan fingerprint density at radius 2 is 1.74 bits per heavy atom. The Hall–Kier alpha value is -1.34. The van der Waals surface area contributed by atoms with Gasteiger partial charge in [-0.25, -0.2) is 4.39 Å². The van der Waals surface area contributed by atoms with Gasteiger partial charge in [-0.05, 0) is 71.8 Å². The van der Waals surface area contributed by atoms with Gasteiger partial charge in [0.05, 0.1) is 0 Å². The second-order valence-corrected chi connectivity index (χ2v) is 5.57. The average Bonchev–Trinajstić information content (AvgIpc) is 2.34. The fourth-order valence-corrected chi connectivity index (χ4v) is 2.49. The monoisotopic (exact) mass is 275 g/mol. The van der Waals surface area contributed by atoms with E-state index in [9.17, 15) is 4.39 Å². The third-order valence-corrected chi connectivity index (χ3v) is 3.88. The van der Waals surface area contributed by atoms with Crippen molar-refractivity contribution in [2.24, 2.45) is 0 Å². The van der Waals surface area contributed by atoms with Crippen molar-refractivity contribution in [1.82, 2.24) is 0 Å². The minimum Gasteiger partial charge on any atom is -0.207 e. The van der Waals surface area contributed by atoms with E-state index < -0.39 is 0 Å². The van der Waals surface area contributed by atoms with Gasteiger partial charge in [0.25, 0.3) is 0 Å². The van der Waals surface area contributed by atoms with Crippen LogP contribution in [-0.4, -0.2) is 0 Å². The molecule has 0 spiro atoms. The van der Waals surface area contributed by atoms with Crippen molar-refractivity contribution >= 4 is 11.6 Å². The Bertz CT molecular complexity index is 592. The van der Waals surface area contributed by atoms with E-state index in [0.717, 1.165) is 27.3 Å². The van der Waals surface area contributed by atoms with Crippen molar-refractivity contribution in [2.75, 3.05) is 0 Å². The van der Waals surface area contributed by atoms with Gasteiger partial charge in [-0.15, -0.1) is 0 Å². The van der Waals surface area contributed by atoms with Crippen LogP contribution < -0.4 is 0 Å². The molecule has 0 bridgehead atoms. The maximum Gasteiger partial charge on any atom is 0.127 e. The van der Waals surface area contributed by atoms with Crippen molar-refractivity contribution in [2.45, 2.75) is 33.6 Å². The zero-order valence-electron chi connectivity index (χ0n) is 11.6. The standard InChI is InChI=1S/C17H17ClF/c1-10(2)16-14(6-5-7-15(16)19)13-8-11(3)17(18)12(4)9-13/h5,7-10H,1-4H3. The van der Waals surface area contributed by atoms with Gasteiger partial charge in [0.2, 0.25) is 0 Å². The first-order chi connectivity index (χ1) is 8.91. The minimum atomic E-state index is -0.172. The highest BCUT2D eigenvalue weighted by atomic mass is 35.5. The molecule has 0 amide bonds. The predicted molar refractivity (Wildman–Crippen MR) is 79.2 cm³/mol. The molecule has 99 valence electrons. The van der Waals surface area contributed by atoms with Crippen LogP contribution in [0.25, 0.3) is 11.1 Å². The number of halogens is 2. The lowest BCUT2D eigenvalue weighted by Crippen LogP contribution is -1.98. The van der Waals surface area contributed by atoms with Gasteiger partial charge >= 0.3 is 0 Å². The molecule has 2 aromatic carbocycles. The summed E-state index contributed by atoms with van der Waals surface area (Å²) in [5.74, 6) is -0.0576. The Morgan fingerprint density at radius 1 is 1.16 bits per heavy atom. The van der Waals surface area contributed by atoms with Crippen LogP contribution in [0, 0.1) is 25.7 Å². The maximum atomic E-state index is 14.0. The van der Waals surface area contributed by atoms with Crippen LogP contribution in [0.15, 0.2) is 24.3 Å². The summed E-state index contributed by atoms with van der Waals surface area (Å²) in [4.78, 5) is 0. The molecule has 0 aromatic heterocycles. The second-order valence-electron chi connectivity index (χ2n) is 5.19. The molecule has 0 atom stereocenters. The number of rotatable bonds is 2. The molecule has 2 aromatic rings. The van der Waals surface area contributed by atoms with Gasteiger partial charge in [-0.3, -0.25) is 0 Å². The molecule has 0 saturated heterocycles. The Morgan fingerprint density at radius 3 is 2.26 bits per heavy atom. The minimum absolute atomic E-state index is 0.115. The van der Waals surface area contributed by atoms with Crippen LogP contribution >= 0.6 is 11.6 Å². The summed E-state index contributed by atoms with van der Waals surface area (Å²) in [5.41, 5.74) is 4.53. The van der Waals surface area contributed by atoms with Crippen molar-refractivity contribution in [1.29, 1.82) is 0 Å². The lowest BCUT2D eigenvalue weighted by Gasteiger charge is -2.15. The first-order valence-electron chi connectivity index (χ1n) is 6.39. The molecule has 0 unspecified atom stereocenters. The summed E-state index contributed by atoms with van der Waals surface area (Å²) >= 11 is 6.19. The van der Waals surface area contributed by atoms with E-state index in [-0.39, 0.29) is 11.7 Å². The van der Waals surface area contributed by atoms with Gasteiger partial charge in [-0.2, -0.15) is 0 Å². The molecule has 0 heterocycles.